The number of nitrogens with one attached hydrogen (secondary N) is 1. The summed E-state index contributed by atoms with van der Waals surface area (Å²) in [6, 6.07) is 13.8. The molecule has 2 amide bonds. The smallest absolute Gasteiger partial charge is 0.407 e. The molecule has 2 aliphatic rings. The molecule has 0 bridgehead atoms. The van der Waals surface area contributed by atoms with E-state index in [4.69, 9.17) is 10.5 Å². The summed E-state index contributed by atoms with van der Waals surface area (Å²) >= 11 is 1.77. The number of alkyl carbamates (subject to hydrolysis) is 1. The SMILES string of the molecule is NC(C(=O)N1CCSC1)C1CCC(NC(=O)OCc2ccc3ccccc3c2)CC1. The van der Waals surface area contributed by atoms with Crippen LogP contribution in [0.3, 0.4) is 0 Å². The normalized spacial score (nSPS) is 22.6. The number of ether oxygens (including phenoxy) is 1. The number of amides is 2. The Morgan fingerprint density at radius 2 is 1.90 bits per heavy atom. The van der Waals surface area contributed by atoms with Crippen molar-refractivity contribution in [2.24, 2.45) is 11.7 Å². The quantitative estimate of drug-likeness (QED) is 0.763. The van der Waals surface area contributed by atoms with E-state index in [1.807, 2.05) is 35.2 Å². The first-order chi connectivity index (χ1) is 14.6. The van der Waals surface area contributed by atoms with Gasteiger partial charge < -0.3 is 20.7 Å². The van der Waals surface area contributed by atoms with E-state index >= 15 is 0 Å². The van der Waals surface area contributed by atoms with Crippen LogP contribution in [0.5, 0.6) is 0 Å². The van der Waals surface area contributed by atoms with Gasteiger partial charge in [0, 0.05) is 18.3 Å². The summed E-state index contributed by atoms with van der Waals surface area (Å²) in [4.78, 5) is 26.6. The zero-order valence-corrected chi connectivity index (χ0v) is 17.9. The van der Waals surface area contributed by atoms with Crippen molar-refractivity contribution in [1.82, 2.24) is 10.2 Å². The lowest BCUT2D eigenvalue weighted by atomic mass is 9.81. The third-order valence-corrected chi connectivity index (χ3v) is 7.10. The maximum Gasteiger partial charge on any atom is 0.407 e. The number of carbonyl (C=O) groups is 2. The Morgan fingerprint density at radius 3 is 2.63 bits per heavy atom. The van der Waals surface area contributed by atoms with Crippen molar-refractivity contribution in [3.8, 4) is 0 Å². The van der Waals surface area contributed by atoms with E-state index < -0.39 is 6.04 Å². The van der Waals surface area contributed by atoms with Crippen LogP contribution in [0.15, 0.2) is 42.5 Å². The fourth-order valence-corrected chi connectivity index (χ4v) is 5.26. The predicted molar refractivity (Wildman–Crippen MR) is 120 cm³/mol. The maximum absolute atomic E-state index is 12.5. The van der Waals surface area contributed by atoms with Crippen LogP contribution in [0, 0.1) is 5.92 Å². The molecule has 1 aliphatic carbocycles. The molecule has 0 radical (unpaired) electrons. The summed E-state index contributed by atoms with van der Waals surface area (Å²) in [5, 5.41) is 5.27. The highest BCUT2D eigenvalue weighted by molar-refractivity contribution is 7.99. The number of carbonyl (C=O) groups excluding carboxylic acids is 2. The van der Waals surface area contributed by atoms with Gasteiger partial charge in [-0.25, -0.2) is 4.79 Å². The molecule has 1 heterocycles. The summed E-state index contributed by atoms with van der Waals surface area (Å²) in [5.74, 6) is 2.02. The van der Waals surface area contributed by atoms with E-state index in [9.17, 15) is 9.59 Å². The molecule has 1 saturated heterocycles. The number of nitrogens with zero attached hydrogens (tertiary/aromatic N) is 1. The molecule has 2 fully saturated rings. The molecule has 1 atom stereocenters. The van der Waals surface area contributed by atoms with Gasteiger partial charge in [-0.15, -0.1) is 11.8 Å². The predicted octanol–water partition coefficient (Wildman–Crippen LogP) is 3.49. The van der Waals surface area contributed by atoms with E-state index in [-0.39, 0.29) is 30.6 Å². The van der Waals surface area contributed by atoms with Crippen LogP contribution in [0.1, 0.15) is 31.2 Å². The third kappa shape index (κ3) is 5.08. The van der Waals surface area contributed by atoms with Crippen molar-refractivity contribution in [3.63, 3.8) is 0 Å². The topological polar surface area (TPSA) is 84.7 Å². The number of rotatable bonds is 5. The summed E-state index contributed by atoms with van der Waals surface area (Å²) in [6.07, 6.45) is 2.96. The molecule has 0 spiro atoms. The van der Waals surface area contributed by atoms with Crippen LogP contribution in [0.2, 0.25) is 0 Å². The van der Waals surface area contributed by atoms with Crippen molar-refractivity contribution in [3.05, 3.63) is 48.0 Å². The lowest BCUT2D eigenvalue weighted by Crippen LogP contribution is -2.49. The summed E-state index contributed by atoms with van der Waals surface area (Å²) in [6.45, 7) is 1.05. The van der Waals surface area contributed by atoms with Gasteiger partial charge in [0.05, 0.1) is 11.9 Å². The fraction of sp³-hybridized carbons (Fsp3) is 0.478. The molecule has 160 valence electrons. The Bertz CT molecular complexity index is 892. The molecule has 6 nitrogen and oxygen atoms in total. The number of hydrogen-bond donors (Lipinski definition) is 2. The van der Waals surface area contributed by atoms with Crippen LogP contribution in [0.25, 0.3) is 10.8 Å². The van der Waals surface area contributed by atoms with Crippen LogP contribution < -0.4 is 11.1 Å². The molecular weight excluding hydrogens is 398 g/mol. The third-order valence-electron chi connectivity index (χ3n) is 6.13. The minimum Gasteiger partial charge on any atom is -0.445 e. The van der Waals surface area contributed by atoms with Crippen LogP contribution in [-0.4, -0.2) is 47.2 Å². The van der Waals surface area contributed by atoms with Gasteiger partial charge in [0.1, 0.15) is 6.61 Å². The molecule has 2 aromatic rings. The van der Waals surface area contributed by atoms with Gasteiger partial charge in [-0.2, -0.15) is 0 Å². The molecule has 7 heteroatoms. The minimum atomic E-state index is -0.426. The Morgan fingerprint density at radius 1 is 1.13 bits per heavy atom. The van der Waals surface area contributed by atoms with E-state index in [0.29, 0.717) is 0 Å². The maximum atomic E-state index is 12.5. The number of hydrogen-bond acceptors (Lipinski definition) is 5. The van der Waals surface area contributed by atoms with Gasteiger partial charge in [-0.1, -0.05) is 36.4 Å². The van der Waals surface area contributed by atoms with Gasteiger partial charge in [-0.3, -0.25) is 4.79 Å². The molecule has 3 N–H and O–H groups in total. The van der Waals surface area contributed by atoms with Crippen LogP contribution >= 0.6 is 11.8 Å². The Kier molecular flexibility index (Phi) is 6.79. The highest BCUT2D eigenvalue weighted by atomic mass is 32.2. The zero-order chi connectivity index (χ0) is 20.9. The first-order valence-electron chi connectivity index (χ1n) is 10.6. The number of benzene rings is 2. The largest absolute Gasteiger partial charge is 0.445 e. The monoisotopic (exact) mass is 427 g/mol. The lowest BCUT2D eigenvalue weighted by molar-refractivity contribution is -0.132. The van der Waals surface area contributed by atoms with Crippen molar-refractivity contribution in [2.75, 3.05) is 18.2 Å². The highest BCUT2D eigenvalue weighted by Gasteiger charge is 2.33. The van der Waals surface area contributed by atoms with Crippen molar-refractivity contribution in [2.45, 2.75) is 44.4 Å². The van der Waals surface area contributed by atoms with Crippen LogP contribution in [0.4, 0.5) is 4.79 Å². The Hall–Kier alpha value is -2.25. The number of thioether (sulfide) groups is 1. The summed E-state index contributed by atoms with van der Waals surface area (Å²) in [7, 11) is 0. The number of fused-ring (bicyclic) bond motifs is 1. The van der Waals surface area contributed by atoms with Crippen LogP contribution in [-0.2, 0) is 16.1 Å². The minimum absolute atomic E-state index is 0.0752. The van der Waals surface area contributed by atoms with Gasteiger partial charge in [-0.05, 0) is 54.0 Å². The van der Waals surface area contributed by atoms with E-state index in [2.05, 4.69) is 17.4 Å². The van der Waals surface area contributed by atoms with Crippen molar-refractivity contribution < 1.29 is 14.3 Å². The van der Waals surface area contributed by atoms with Gasteiger partial charge in [0.25, 0.3) is 0 Å². The zero-order valence-electron chi connectivity index (χ0n) is 17.1. The second-order valence-electron chi connectivity index (χ2n) is 8.18. The lowest BCUT2D eigenvalue weighted by Gasteiger charge is -2.33. The van der Waals surface area contributed by atoms with Crippen molar-refractivity contribution in [1.29, 1.82) is 0 Å². The average molecular weight is 428 g/mol. The van der Waals surface area contributed by atoms with E-state index in [1.54, 1.807) is 11.8 Å². The number of nitrogens with two attached hydrogens (primary N) is 1. The molecule has 1 saturated carbocycles. The first kappa shape index (κ1) is 21.0. The van der Waals surface area contributed by atoms with Gasteiger partial charge in [0.2, 0.25) is 5.91 Å². The standard InChI is InChI=1S/C23H29N3O3S/c24-21(22(27)26-11-12-30-15-26)18-7-9-20(10-8-18)25-23(28)29-14-16-5-6-17-3-1-2-4-19(17)13-16/h1-6,13,18,20-21H,7-12,14-15,24H2,(H,25,28). The fourth-order valence-electron chi connectivity index (χ4n) is 4.31. The summed E-state index contributed by atoms with van der Waals surface area (Å²) in [5.41, 5.74) is 7.23. The average Bonchev–Trinajstić information content (AvgIpc) is 3.32. The molecule has 1 unspecified atom stereocenters. The molecule has 4 rings (SSSR count). The molecule has 30 heavy (non-hydrogen) atoms. The summed E-state index contributed by atoms with van der Waals surface area (Å²) < 4.78 is 5.42. The van der Waals surface area contributed by atoms with Gasteiger partial charge >= 0.3 is 6.09 Å². The molecule has 2 aromatic carbocycles. The molecule has 0 aromatic heterocycles. The molecule has 1 aliphatic heterocycles. The molecular formula is C23H29N3O3S. The highest BCUT2D eigenvalue weighted by Crippen LogP contribution is 2.28. The Labute approximate surface area is 181 Å². The first-order valence-corrected chi connectivity index (χ1v) is 11.8. The Balaban J connectivity index is 1.20. The van der Waals surface area contributed by atoms with E-state index in [1.165, 1.54) is 5.39 Å². The van der Waals surface area contributed by atoms with E-state index in [0.717, 1.165) is 54.8 Å². The second-order valence-corrected chi connectivity index (χ2v) is 9.25. The second kappa shape index (κ2) is 9.71. The van der Waals surface area contributed by atoms with Gasteiger partial charge in [0.15, 0.2) is 0 Å². The van der Waals surface area contributed by atoms with Crippen molar-refractivity contribution >= 4 is 34.5 Å².